The van der Waals surface area contributed by atoms with Crippen molar-refractivity contribution in [1.29, 1.82) is 0 Å². The normalized spacial score (nSPS) is 16.9. The number of nitrogens with zero attached hydrogens (tertiary/aromatic N) is 2. The third-order valence-electron chi connectivity index (χ3n) is 3.41. The predicted octanol–water partition coefficient (Wildman–Crippen LogP) is 3.54. The van der Waals surface area contributed by atoms with Crippen LogP contribution in [0.5, 0.6) is 0 Å². The molecule has 0 saturated carbocycles. The summed E-state index contributed by atoms with van der Waals surface area (Å²) in [6, 6.07) is 5.29. The van der Waals surface area contributed by atoms with E-state index < -0.39 is 0 Å². The molecule has 0 spiro atoms. The molecule has 0 aliphatic carbocycles. The summed E-state index contributed by atoms with van der Waals surface area (Å²) in [5, 5.41) is 7.89. The first kappa shape index (κ1) is 16.9. The lowest BCUT2D eigenvalue weighted by molar-refractivity contribution is 0.0617. The summed E-state index contributed by atoms with van der Waals surface area (Å²) in [4.78, 5) is 19.0. The second-order valence-electron chi connectivity index (χ2n) is 4.97. The van der Waals surface area contributed by atoms with Crippen molar-refractivity contribution in [3.8, 4) is 0 Å². The van der Waals surface area contributed by atoms with Crippen LogP contribution < -0.4 is 5.32 Å². The summed E-state index contributed by atoms with van der Waals surface area (Å²) in [6.07, 6.45) is 0.487. The van der Waals surface area contributed by atoms with Crippen LogP contribution in [0, 0.1) is 0 Å². The summed E-state index contributed by atoms with van der Waals surface area (Å²) in [6.45, 7) is 5.55. The van der Waals surface area contributed by atoms with Gasteiger partial charge in [-0.05, 0) is 26.0 Å². The van der Waals surface area contributed by atoms with Gasteiger partial charge in [0.2, 0.25) is 0 Å². The van der Waals surface area contributed by atoms with Crippen LogP contribution in [0.2, 0.25) is 10.0 Å². The first-order valence-electron chi connectivity index (χ1n) is 7.26. The van der Waals surface area contributed by atoms with Gasteiger partial charge < -0.3 is 15.1 Å². The van der Waals surface area contributed by atoms with E-state index >= 15 is 0 Å². The summed E-state index contributed by atoms with van der Waals surface area (Å²) in [7, 11) is 0. The Bertz CT molecular complexity index is 578. The number of hydrogen-bond donors (Lipinski definition) is 1. The number of hydrogen-bond acceptors (Lipinski definition) is 3. The Morgan fingerprint density at radius 2 is 2.18 bits per heavy atom. The van der Waals surface area contributed by atoms with E-state index in [-0.39, 0.29) is 12.1 Å². The van der Waals surface area contributed by atoms with Gasteiger partial charge in [-0.3, -0.25) is 0 Å². The molecule has 0 aromatic heterocycles. The van der Waals surface area contributed by atoms with Crippen LogP contribution in [0.4, 0.5) is 4.79 Å². The van der Waals surface area contributed by atoms with Crippen molar-refractivity contribution in [2.45, 2.75) is 26.4 Å². The SMILES string of the molecule is CCNC(=O)N(CC)C[C@@H]1CC(c2ccc(Cl)c(Cl)c2)=NO1. The molecule has 0 radical (unpaired) electrons. The van der Waals surface area contributed by atoms with Gasteiger partial charge in [0.05, 0.1) is 22.3 Å². The van der Waals surface area contributed by atoms with E-state index in [9.17, 15) is 4.79 Å². The molecule has 2 amide bonds. The molecule has 2 rings (SSSR count). The predicted molar refractivity (Wildman–Crippen MR) is 88.8 cm³/mol. The third-order valence-corrected chi connectivity index (χ3v) is 4.15. The fourth-order valence-corrected chi connectivity index (χ4v) is 2.53. The third kappa shape index (κ3) is 4.05. The summed E-state index contributed by atoms with van der Waals surface area (Å²) in [5.74, 6) is 0. The molecule has 1 aliphatic heterocycles. The van der Waals surface area contributed by atoms with Gasteiger partial charge in [0.1, 0.15) is 0 Å². The molecular formula is C15H19Cl2N3O2. The second kappa shape index (κ2) is 7.70. The van der Waals surface area contributed by atoms with Gasteiger partial charge >= 0.3 is 6.03 Å². The molecule has 1 aromatic rings. The lowest BCUT2D eigenvalue weighted by Gasteiger charge is -2.23. The minimum absolute atomic E-state index is 0.0865. The Morgan fingerprint density at radius 1 is 1.41 bits per heavy atom. The van der Waals surface area contributed by atoms with Crippen molar-refractivity contribution in [2.24, 2.45) is 5.16 Å². The topological polar surface area (TPSA) is 53.9 Å². The minimum atomic E-state index is -0.146. The Hall–Kier alpha value is -1.46. The van der Waals surface area contributed by atoms with Crippen molar-refractivity contribution in [3.05, 3.63) is 33.8 Å². The minimum Gasteiger partial charge on any atom is -0.390 e. The zero-order valence-electron chi connectivity index (χ0n) is 12.6. The monoisotopic (exact) mass is 343 g/mol. The largest absolute Gasteiger partial charge is 0.390 e. The fraction of sp³-hybridized carbons (Fsp3) is 0.467. The number of oxime groups is 1. The molecule has 1 atom stereocenters. The van der Waals surface area contributed by atoms with E-state index in [1.807, 2.05) is 19.9 Å². The zero-order chi connectivity index (χ0) is 16.1. The van der Waals surface area contributed by atoms with Crippen LogP contribution in [0.3, 0.4) is 0 Å². The van der Waals surface area contributed by atoms with Crippen LogP contribution in [0.25, 0.3) is 0 Å². The Morgan fingerprint density at radius 3 is 2.82 bits per heavy atom. The number of rotatable bonds is 5. The zero-order valence-corrected chi connectivity index (χ0v) is 14.1. The highest BCUT2D eigenvalue weighted by Gasteiger charge is 2.26. The lowest BCUT2D eigenvalue weighted by Crippen LogP contribution is -2.43. The molecule has 5 nitrogen and oxygen atoms in total. The molecule has 7 heteroatoms. The van der Waals surface area contributed by atoms with Crippen molar-refractivity contribution < 1.29 is 9.63 Å². The van der Waals surface area contributed by atoms with Crippen LogP contribution in [-0.4, -0.2) is 42.4 Å². The highest BCUT2D eigenvalue weighted by Crippen LogP contribution is 2.25. The van der Waals surface area contributed by atoms with Gasteiger partial charge in [0.15, 0.2) is 6.10 Å². The Kier molecular flexibility index (Phi) is 5.91. The first-order valence-corrected chi connectivity index (χ1v) is 8.01. The smallest absolute Gasteiger partial charge is 0.317 e. The maximum Gasteiger partial charge on any atom is 0.317 e. The van der Waals surface area contributed by atoms with Crippen molar-refractivity contribution in [1.82, 2.24) is 10.2 Å². The van der Waals surface area contributed by atoms with Crippen LogP contribution >= 0.6 is 23.2 Å². The molecule has 22 heavy (non-hydrogen) atoms. The van der Waals surface area contributed by atoms with E-state index in [4.69, 9.17) is 28.0 Å². The van der Waals surface area contributed by atoms with Gasteiger partial charge in [0, 0.05) is 25.1 Å². The number of carbonyl (C=O) groups excluding carboxylic acids is 1. The van der Waals surface area contributed by atoms with Crippen molar-refractivity contribution >= 4 is 34.9 Å². The van der Waals surface area contributed by atoms with E-state index in [1.54, 1.807) is 17.0 Å². The number of nitrogens with one attached hydrogen (secondary N) is 1. The Balaban J connectivity index is 1.96. The van der Waals surface area contributed by atoms with E-state index in [0.29, 0.717) is 36.1 Å². The maximum absolute atomic E-state index is 11.9. The molecule has 1 N–H and O–H groups in total. The quantitative estimate of drug-likeness (QED) is 0.888. The molecule has 0 saturated heterocycles. The van der Waals surface area contributed by atoms with Crippen molar-refractivity contribution in [2.75, 3.05) is 19.6 Å². The van der Waals surface area contributed by atoms with Crippen LogP contribution in [0.15, 0.2) is 23.4 Å². The number of carbonyl (C=O) groups is 1. The van der Waals surface area contributed by atoms with E-state index in [2.05, 4.69) is 10.5 Å². The molecule has 0 unspecified atom stereocenters. The van der Waals surface area contributed by atoms with E-state index in [1.165, 1.54) is 0 Å². The Labute approximate surface area is 140 Å². The molecule has 0 fully saturated rings. The standard InChI is InChI=1S/C15H19Cl2N3O2/c1-3-18-15(21)20(4-2)9-11-8-14(19-22-11)10-5-6-12(16)13(17)7-10/h5-7,11H,3-4,8-9H2,1-2H3,(H,18,21)/t11-/m0/s1. The molecule has 120 valence electrons. The van der Waals surface area contributed by atoms with Crippen molar-refractivity contribution in [3.63, 3.8) is 0 Å². The van der Waals surface area contributed by atoms with Crippen LogP contribution in [0.1, 0.15) is 25.8 Å². The summed E-state index contributed by atoms with van der Waals surface area (Å²) < 4.78 is 0. The maximum atomic E-state index is 11.9. The van der Waals surface area contributed by atoms with Crippen LogP contribution in [-0.2, 0) is 4.84 Å². The number of halogens is 2. The van der Waals surface area contributed by atoms with Gasteiger partial charge in [-0.15, -0.1) is 0 Å². The number of amides is 2. The second-order valence-corrected chi connectivity index (χ2v) is 5.79. The average Bonchev–Trinajstić information content (AvgIpc) is 2.96. The number of urea groups is 1. The lowest BCUT2D eigenvalue weighted by atomic mass is 10.0. The number of likely N-dealkylation sites (N-methyl/N-ethyl adjacent to an activating group) is 1. The fourth-order valence-electron chi connectivity index (χ4n) is 2.24. The van der Waals surface area contributed by atoms with Gasteiger partial charge in [0.25, 0.3) is 0 Å². The summed E-state index contributed by atoms with van der Waals surface area (Å²) >= 11 is 11.9. The molecule has 0 bridgehead atoms. The summed E-state index contributed by atoms with van der Waals surface area (Å²) in [5.41, 5.74) is 1.70. The molecule has 1 aliphatic rings. The van der Waals surface area contributed by atoms with E-state index in [0.717, 1.165) is 11.3 Å². The number of benzene rings is 1. The highest BCUT2D eigenvalue weighted by atomic mass is 35.5. The average molecular weight is 344 g/mol. The first-order chi connectivity index (χ1) is 10.5. The molecule has 1 aromatic carbocycles. The highest BCUT2D eigenvalue weighted by molar-refractivity contribution is 6.42. The van der Waals surface area contributed by atoms with Gasteiger partial charge in [-0.2, -0.15) is 0 Å². The van der Waals surface area contributed by atoms with Gasteiger partial charge in [-0.1, -0.05) is 34.4 Å². The van der Waals surface area contributed by atoms with Gasteiger partial charge in [-0.25, -0.2) is 4.79 Å². The molecular weight excluding hydrogens is 325 g/mol. The molecule has 1 heterocycles.